The molecule has 3 heterocycles. The lowest BCUT2D eigenvalue weighted by atomic mass is 10.0. The molecule has 1 atom stereocenters. The fourth-order valence-corrected chi connectivity index (χ4v) is 7.33. The highest BCUT2D eigenvalue weighted by Crippen LogP contribution is 2.38. The molecule has 0 aliphatic heterocycles. The molecule has 13 nitrogen and oxygen atoms in total. The van der Waals surface area contributed by atoms with Crippen molar-refractivity contribution in [3.8, 4) is 11.4 Å². The number of hydrogen-bond acceptors (Lipinski definition) is 9. The van der Waals surface area contributed by atoms with Crippen LogP contribution in [0.25, 0.3) is 27.6 Å². The van der Waals surface area contributed by atoms with Gasteiger partial charge in [0.15, 0.2) is 11.5 Å². The van der Waals surface area contributed by atoms with Crippen molar-refractivity contribution in [3.05, 3.63) is 116 Å². The van der Waals surface area contributed by atoms with E-state index in [1.165, 1.54) is 31.0 Å². The molecule has 0 aliphatic carbocycles. The number of hydrogen-bond donors (Lipinski definition) is 1. The number of amides is 1. The molecular formula is C38H35ClF5N7O6S. The van der Waals surface area contributed by atoms with Gasteiger partial charge in [0.25, 0.3) is 5.56 Å². The average molecular weight is 848 g/mol. The molecule has 1 unspecified atom stereocenters. The lowest BCUT2D eigenvalue weighted by Crippen LogP contribution is -2.39. The minimum Gasteiger partial charge on any atom is -0.497 e. The summed E-state index contributed by atoms with van der Waals surface area (Å²) in [5.41, 5.74) is -3.57. The van der Waals surface area contributed by atoms with Crippen molar-refractivity contribution < 1.29 is 44.6 Å². The van der Waals surface area contributed by atoms with Gasteiger partial charge in [0, 0.05) is 19.5 Å². The number of methoxy groups -OCH3 is 1. The van der Waals surface area contributed by atoms with Crippen molar-refractivity contribution in [3.63, 3.8) is 0 Å². The van der Waals surface area contributed by atoms with Crippen LogP contribution in [0, 0.1) is 11.6 Å². The van der Waals surface area contributed by atoms with Gasteiger partial charge in [-0.25, -0.2) is 36.3 Å². The molecule has 3 aromatic carbocycles. The monoisotopic (exact) mass is 847 g/mol. The molecule has 58 heavy (non-hydrogen) atoms. The third-order valence-corrected chi connectivity index (χ3v) is 10.1. The van der Waals surface area contributed by atoms with E-state index in [-0.39, 0.29) is 44.9 Å². The first-order valence-electron chi connectivity index (χ1n) is 17.3. The van der Waals surface area contributed by atoms with E-state index < -0.39 is 74.7 Å². The molecule has 306 valence electrons. The lowest BCUT2D eigenvalue weighted by Gasteiger charge is -2.26. The van der Waals surface area contributed by atoms with Gasteiger partial charge in [0.05, 0.1) is 53.0 Å². The Labute approximate surface area is 333 Å². The quantitative estimate of drug-likeness (QED) is 0.139. The summed E-state index contributed by atoms with van der Waals surface area (Å²) in [6.07, 6.45) is -5.52. The van der Waals surface area contributed by atoms with Gasteiger partial charge in [-0.15, -0.1) is 0 Å². The van der Waals surface area contributed by atoms with Crippen molar-refractivity contribution in [2.75, 3.05) is 17.7 Å². The number of ether oxygens (including phenoxy) is 2. The number of fused-ring (bicyclic) bond motifs is 2. The molecule has 0 saturated carbocycles. The molecule has 1 N–H and O–H groups in total. The van der Waals surface area contributed by atoms with Gasteiger partial charge in [0.1, 0.15) is 34.5 Å². The second-order valence-corrected chi connectivity index (χ2v) is 16.5. The highest BCUT2D eigenvalue weighted by atomic mass is 35.5. The average Bonchev–Trinajstić information content (AvgIpc) is 3.45. The molecule has 6 rings (SSSR count). The van der Waals surface area contributed by atoms with E-state index in [1.54, 1.807) is 45.0 Å². The molecule has 0 saturated heterocycles. The van der Waals surface area contributed by atoms with Crippen LogP contribution in [0.5, 0.6) is 5.75 Å². The Hall–Kier alpha value is -5.82. The van der Waals surface area contributed by atoms with Crippen LogP contribution in [0.4, 0.5) is 32.6 Å². The number of benzene rings is 3. The predicted octanol–water partition coefficient (Wildman–Crippen LogP) is 7.40. The smallest absolute Gasteiger partial charge is 0.433 e. The van der Waals surface area contributed by atoms with Crippen LogP contribution in [0.1, 0.15) is 49.5 Å². The number of halogens is 6. The second kappa shape index (κ2) is 15.5. The summed E-state index contributed by atoms with van der Waals surface area (Å²) in [6.45, 7) is 4.48. The van der Waals surface area contributed by atoms with Gasteiger partial charge in [-0.1, -0.05) is 23.7 Å². The van der Waals surface area contributed by atoms with E-state index in [4.69, 9.17) is 21.1 Å². The van der Waals surface area contributed by atoms with Gasteiger partial charge in [-0.05, 0) is 80.4 Å². The zero-order valence-electron chi connectivity index (χ0n) is 31.7. The fraction of sp³-hybridized carbons (Fsp3) is 0.289. The third kappa shape index (κ3) is 8.84. The highest BCUT2D eigenvalue weighted by molar-refractivity contribution is 7.92. The summed E-state index contributed by atoms with van der Waals surface area (Å²) in [6, 6.07) is 11.8. The summed E-state index contributed by atoms with van der Waals surface area (Å²) < 4.78 is 111. The van der Waals surface area contributed by atoms with Crippen LogP contribution in [-0.4, -0.2) is 57.8 Å². The van der Waals surface area contributed by atoms with Crippen molar-refractivity contribution in [1.82, 2.24) is 29.6 Å². The van der Waals surface area contributed by atoms with Gasteiger partial charge in [0.2, 0.25) is 10.0 Å². The zero-order chi connectivity index (χ0) is 42.5. The minimum absolute atomic E-state index is 0.00345. The maximum absolute atomic E-state index is 14.7. The molecule has 0 fully saturated rings. The number of carbonyl (C=O) groups is 1. The minimum atomic E-state index is -4.94. The van der Waals surface area contributed by atoms with Crippen LogP contribution >= 0.6 is 11.6 Å². The van der Waals surface area contributed by atoms with Crippen LogP contribution < -0.4 is 19.9 Å². The molecule has 1 amide bonds. The number of anilines is 1. The highest BCUT2D eigenvalue weighted by Gasteiger charge is 2.35. The Balaban J connectivity index is 1.66. The van der Waals surface area contributed by atoms with E-state index in [0.29, 0.717) is 23.4 Å². The number of nitrogens with zero attached hydrogens (tertiary/aromatic N) is 6. The summed E-state index contributed by atoms with van der Waals surface area (Å²) in [4.78, 5) is 36.1. The van der Waals surface area contributed by atoms with E-state index in [0.717, 1.165) is 33.3 Å². The van der Waals surface area contributed by atoms with Crippen LogP contribution in [0.2, 0.25) is 5.02 Å². The molecule has 3 aromatic heterocycles. The van der Waals surface area contributed by atoms with Crippen LogP contribution in [0.3, 0.4) is 0 Å². The topological polar surface area (TPSA) is 151 Å². The SMILES string of the molecule is COc1ccc(CN(c2nn(C)c3c(-n4c(C(Cc5cc(F)cc(F)c5)NC(=O)OC(C)(C)C)nc5nc(C(F)(F)F)ccc5c4=O)ccc(Cl)c23)S(C)(=O)=O)cc1. The Kier molecular flexibility index (Phi) is 11.2. The Morgan fingerprint density at radius 2 is 1.62 bits per heavy atom. The van der Waals surface area contributed by atoms with Crippen molar-refractivity contribution in [1.29, 1.82) is 0 Å². The second-order valence-electron chi connectivity index (χ2n) is 14.2. The first-order chi connectivity index (χ1) is 27.0. The lowest BCUT2D eigenvalue weighted by molar-refractivity contribution is -0.141. The number of carbonyl (C=O) groups excluding carboxylic acids is 1. The van der Waals surface area contributed by atoms with E-state index >= 15 is 0 Å². The molecule has 0 radical (unpaired) electrons. The standard InChI is InChI=1S/C38H35ClF5N7O6S/c1-37(2,3)57-36(53)45-27(17-21-15-22(40)18-23(41)16-21)33-47-32-25(11-14-29(46-32)38(42,43)44)35(52)51(33)28-13-12-26(39)30-31(28)49(4)48-34(30)50(58(6,54)55)19-20-7-9-24(56-5)10-8-20/h7-16,18,27H,17,19H2,1-6H3,(H,45,53). The number of aryl methyl sites for hydroxylation is 1. The number of nitrogens with one attached hydrogen (secondary N) is 1. The maximum Gasteiger partial charge on any atom is 0.433 e. The molecule has 0 bridgehead atoms. The summed E-state index contributed by atoms with van der Waals surface area (Å²) in [5, 5.41) is 6.75. The zero-order valence-corrected chi connectivity index (χ0v) is 33.2. The molecule has 0 aliphatic rings. The molecule has 0 spiro atoms. The number of rotatable bonds is 10. The van der Waals surface area contributed by atoms with E-state index in [9.17, 15) is 40.0 Å². The van der Waals surface area contributed by atoms with Gasteiger partial charge in [-0.2, -0.15) is 18.3 Å². The van der Waals surface area contributed by atoms with Crippen molar-refractivity contribution >= 4 is 55.5 Å². The summed E-state index contributed by atoms with van der Waals surface area (Å²) >= 11 is 6.78. The largest absolute Gasteiger partial charge is 0.497 e. The van der Waals surface area contributed by atoms with Crippen LogP contribution in [0.15, 0.2) is 71.5 Å². The van der Waals surface area contributed by atoms with Crippen LogP contribution in [-0.2, 0) is 40.9 Å². The number of sulfonamides is 1. The van der Waals surface area contributed by atoms with E-state index in [1.807, 2.05) is 0 Å². The first kappa shape index (κ1) is 41.8. The first-order valence-corrected chi connectivity index (χ1v) is 19.5. The predicted molar refractivity (Wildman–Crippen MR) is 206 cm³/mol. The third-order valence-electron chi connectivity index (χ3n) is 8.67. The van der Waals surface area contributed by atoms with Crippen molar-refractivity contribution in [2.45, 2.75) is 51.6 Å². The summed E-state index contributed by atoms with van der Waals surface area (Å²) in [5.74, 6) is -2.00. The van der Waals surface area contributed by atoms with Gasteiger partial charge in [-0.3, -0.25) is 14.0 Å². The molecule has 6 aromatic rings. The number of alkyl carbamates (subject to hydrolysis) is 1. The van der Waals surface area contributed by atoms with Gasteiger partial charge < -0.3 is 14.8 Å². The van der Waals surface area contributed by atoms with E-state index in [2.05, 4.69) is 20.4 Å². The number of aromatic nitrogens is 5. The number of alkyl halides is 3. The Bertz CT molecular complexity index is 2720. The molecular weight excluding hydrogens is 813 g/mol. The normalized spacial score (nSPS) is 12.8. The van der Waals surface area contributed by atoms with Gasteiger partial charge >= 0.3 is 12.3 Å². The Morgan fingerprint density at radius 1 is 0.966 bits per heavy atom. The molecule has 20 heteroatoms. The Morgan fingerprint density at radius 3 is 2.21 bits per heavy atom. The maximum atomic E-state index is 14.7. The number of pyridine rings is 1. The van der Waals surface area contributed by atoms with Crippen molar-refractivity contribution in [2.24, 2.45) is 7.05 Å². The fourth-order valence-electron chi connectivity index (χ4n) is 6.27. The summed E-state index contributed by atoms with van der Waals surface area (Å²) in [7, 11) is -1.16.